The number of hydrogen-bond acceptors (Lipinski definition) is 2. The van der Waals surface area contributed by atoms with Crippen LogP contribution in [0.2, 0.25) is 0 Å². The second kappa shape index (κ2) is 9.40. The maximum absolute atomic E-state index is 12.0. The van der Waals surface area contributed by atoms with E-state index in [-0.39, 0.29) is 11.3 Å². The first-order valence-electron chi connectivity index (χ1n) is 9.55. The van der Waals surface area contributed by atoms with Crippen LogP contribution in [0.1, 0.15) is 57.2 Å². The Labute approximate surface area is 163 Å². The van der Waals surface area contributed by atoms with E-state index in [4.69, 9.17) is 4.74 Å². The number of hydrogen-bond donors (Lipinski definition) is 1. The number of carbonyl (C=O) groups is 1. The number of ether oxygens (including phenoxy) is 1. The largest absolute Gasteiger partial charge is 0.491 e. The minimum atomic E-state index is -0.115. The molecule has 0 radical (unpaired) electrons. The quantitative estimate of drug-likeness (QED) is 0.533. The molecule has 0 aliphatic carbocycles. The van der Waals surface area contributed by atoms with Gasteiger partial charge in [0.25, 0.3) is 0 Å². The molecule has 2 rings (SSSR count). The highest BCUT2D eigenvalue weighted by Gasteiger charge is 2.12. The maximum Gasteiger partial charge on any atom is 0.244 e. The van der Waals surface area contributed by atoms with Crippen molar-refractivity contribution in [3.8, 4) is 5.75 Å². The van der Waals surface area contributed by atoms with E-state index >= 15 is 0 Å². The minimum absolute atomic E-state index is 0.115. The second-order valence-electron chi connectivity index (χ2n) is 8.04. The lowest BCUT2D eigenvalue weighted by Gasteiger charge is -2.18. The molecule has 0 unspecified atom stereocenters. The van der Waals surface area contributed by atoms with Gasteiger partial charge in [-0.25, -0.2) is 0 Å². The normalized spacial score (nSPS) is 11.8. The van der Waals surface area contributed by atoms with Crippen LogP contribution in [0.4, 0.5) is 0 Å². The van der Waals surface area contributed by atoms with Crippen molar-refractivity contribution in [2.24, 2.45) is 0 Å². The average molecular weight is 366 g/mol. The molecule has 27 heavy (non-hydrogen) atoms. The zero-order valence-corrected chi connectivity index (χ0v) is 17.1. The van der Waals surface area contributed by atoms with Gasteiger partial charge in [0, 0.05) is 6.08 Å². The fraction of sp³-hybridized carbons (Fsp3) is 0.375. The first kappa shape index (κ1) is 20.8. The Balaban J connectivity index is 1.79. The highest BCUT2D eigenvalue weighted by Crippen LogP contribution is 2.25. The molecule has 0 atom stereocenters. The summed E-state index contributed by atoms with van der Waals surface area (Å²) in [6, 6.07) is 16.3. The van der Waals surface area contributed by atoms with E-state index in [1.807, 2.05) is 36.4 Å². The number of nitrogens with one attached hydrogen (secondary N) is 1. The van der Waals surface area contributed by atoms with Gasteiger partial charge in [-0.15, -0.1) is 0 Å². The van der Waals surface area contributed by atoms with Crippen molar-refractivity contribution in [2.75, 3.05) is 13.2 Å². The molecule has 0 aliphatic heterocycles. The molecule has 1 amide bonds. The number of benzene rings is 2. The number of rotatable bonds is 7. The van der Waals surface area contributed by atoms with Crippen molar-refractivity contribution in [1.82, 2.24) is 5.32 Å². The molecule has 2 aromatic carbocycles. The Kier molecular flexibility index (Phi) is 7.23. The maximum atomic E-state index is 12.0. The van der Waals surface area contributed by atoms with E-state index in [1.165, 1.54) is 11.1 Å². The summed E-state index contributed by atoms with van der Waals surface area (Å²) in [5, 5.41) is 2.86. The first-order chi connectivity index (χ1) is 12.8. The molecule has 3 nitrogen and oxygen atoms in total. The van der Waals surface area contributed by atoms with Crippen LogP contribution in [0, 0.1) is 0 Å². The van der Waals surface area contributed by atoms with Gasteiger partial charge in [-0.2, -0.15) is 0 Å². The molecule has 2 aromatic rings. The highest BCUT2D eigenvalue weighted by molar-refractivity contribution is 5.91. The van der Waals surface area contributed by atoms with Crippen molar-refractivity contribution < 1.29 is 9.53 Å². The van der Waals surface area contributed by atoms with Gasteiger partial charge in [-0.3, -0.25) is 4.79 Å². The van der Waals surface area contributed by atoms with Crippen LogP contribution in [-0.4, -0.2) is 19.1 Å². The van der Waals surface area contributed by atoms with Crippen LogP contribution in [0.3, 0.4) is 0 Å². The SMILES string of the molecule is CC(C)c1ccccc1OCCNC(=O)/C=C/c1ccc(C(C)(C)C)cc1. The van der Waals surface area contributed by atoms with Gasteiger partial charge in [0.05, 0.1) is 6.54 Å². The molecule has 0 heterocycles. The van der Waals surface area contributed by atoms with Crippen LogP contribution in [0.5, 0.6) is 5.75 Å². The third-order valence-electron chi connectivity index (χ3n) is 4.40. The Morgan fingerprint density at radius 1 is 1.07 bits per heavy atom. The second-order valence-corrected chi connectivity index (χ2v) is 8.04. The van der Waals surface area contributed by atoms with Crippen molar-refractivity contribution in [1.29, 1.82) is 0 Å². The third kappa shape index (κ3) is 6.59. The van der Waals surface area contributed by atoms with E-state index in [0.717, 1.165) is 11.3 Å². The molecule has 0 saturated carbocycles. The minimum Gasteiger partial charge on any atom is -0.491 e. The third-order valence-corrected chi connectivity index (χ3v) is 4.40. The molecule has 0 bridgehead atoms. The molecule has 3 heteroatoms. The van der Waals surface area contributed by atoms with Crippen molar-refractivity contribution in [2.45, 2.75) is 46.0 Å². The van der Waals surface area contributed by atoms with Gasteiger partial charge >= 0.3 is 0 Å². The summed E-state index contributed by atoms with van der Waals surface area (Å²) < 4.78 is 5.82. The summed E-state index contributed by atoms with van der Waals surface area (Å²) in [7, 11) is 0. The van der Waals surface area contributed by atoms with Crippen molar-refractivity contribution >= 4 is 12.0 Å². The van der Waals surface area contributed by atoms with Crippen molar-refractivity contribution in [3.05, 3.63) is 71.3 Å². The Morgan fingerprint density at radius 2 is 1.74 bits per heavy atom. The van der Waals surface area contributed by atoms with Crippen LogP contribution in [-0.2, 0) is 10.2 Å². The van der Waals surface area contributed by atoms with Gasteiger partial charge in [-0.05, 0) is 40.2 Å². The van der Waals surface area contributed by atoms with Crippen LogP contribution >= 0.6 is 0 Å². The standard InChI is InChI=1S/C24H31NO2/c1-18(2)21-8-6-7-9-22(21)27-17-16-25-23(26)15-12-19-10-13-20(14-11-19)24(3,4)5/h6-15,18H,16-17H2,1-5H3,(H,25,26)/b15-12+. The Morgan fingerprint density at radius 3 is 2.37 bits per heavy atom. The van der Waals surface area contributed by atoms with Gasteiger partial charge in [0.1, 0.15) is 12.4 Å². The monoisotopic (exact) mass is 365 g/mol. The summed E-state index contributed by atoms with van der Waals surface area (Å²) in [4.78, 5) is 12.0. The lowest BCUT2D eigenvalue weighted by Crippen LogP contribution is -2.26. The van der Waals surface area contributed by atoms with Crippen LogP contribution in [0.25, 0.3) is 6.08 Å². The molecule has 1 N–H and O–H groups in total. The van der Waals surface area contributed by atoms with E-state index in [1.54, 1.807) is 6.08 Å². The molecular weight excluding hydrogens is 334 g/mol. The molecule has 0 spiro atoms. The molecule has 0 saturated heterocycles. The Hall–Kier alpha value is -2.55. The predicted molar refractivity (Wildman–Crippen MR) is 113 cm³/mol. The number of carbonyl (C=O) groups excluding carboxylic acids is 1. The first-order valence-corrected chi connectivity index (χ1v) is 9.55. The van der Waals surface area contributed by atoms with Crippen LogP contribution < -0.4 is 10.1 Å². The summed E-state index contributed by atoms with van der Waals surface area (Å²) in [6.45, 7) is 11.8. The number of amides is 1. The van der Waals surface area contributed by atoms with Gasteiger partial charge < -0.3 is 10.1 Å². The zero-order valence-electron chi connectivity index (χ0n) is 17.1. The topological polar surface area (TPSA) is 38.3 Å². The summed E-state index contributed by atoms with van der Waals surface area (Å²) in [5.41, 5.74) is 3.61. The fourth-order valence-electron chi connectivity index (χ4n) is 2.75. The summed E-state index contributed by atoms with van der Waals surface area (Å²) >= 11 is 0. The molecule has 0 aliphatic rings. The van der Waals surface area contributed by atoms with Crippen molar-refractivity contribution in [3.63, 3.8) is 0 Å². The fourth-order valence-corrected chi connectivity index (χ4v) is 2.75. The molecule has 0 fully saturated rings. The zero-order chi connectivity index (χ0) is 19.9. The summed E-state index contributed by atoms with van der Waals surface area (Å²) in [6.07, 6.45) is 3.39. The lowest BCUT2D eigenvalue weighted by molar-refractivity contribution is -0.116. The molecule has 144 valence electrons. The Bertz CT molecular complexity index is 768. The predicted octanol–water partition coefficient (Wildman–Crippen LogP) is 5.32. The van der Waals surface area contributed by atoms with E-state index in [9.17, 15) is 4.79 Å². The molecular formula is C24H31NO2. The smallest absolute Gasteiger partial charge is 0.244 e. The average Bonchev–Trinajstić information content (AvgIpc) is 2.63. The van der Waals surface area contributed by atoms with E-state index < -0.39 is 0 Å². The van der Waals surface area contributed by atoms with Gasteiger partial charge in [-0.1, -0.05) is 77.1 Å². The van der Waals surface area contributed by atoms with Gasteiger partial charge in [0.2, 0.25) is 5.91 Å². The highest BCUT2D eigenvalue weighted by atomic mass is 16.5. The van der Waals surface area contributed by atoms with Gasteiger partial charge in [0.15, 0.2) is 0 Å². The molecule has 0 aromatic heterocycles. The van der Waals surface area contributed by atoms with E-state index in [2.05, 4.69) is 58.1 Å². The van der Waals surface area contributed by atoms with Crippen LogP contribution in [0.15, 0.2) is 54.6 Å². The van der Waals surface area contributed by atoms with E-state index in [0.29, 0.717) is 19.1 Å². The summed E-state index contributed by atoms with van der Waals surface area (Å²) in [5.74, 6) is 1.18. The lowest BCUT2D eigenvalue weighted by atomic mass is 9.87. The number of para-hydroxylation sites is 1.